The molecule has 0 bridgehead atoms. The Balaban J connectivity index is 1.94. The topological polar surface area (TPSA) is 68.0 Å². The van der Waals surface area contributed by atoms with Gasteiger partial charge in [0.05, 0.1) is 10.4 Å². The highest BCUT2D eigenvalue weighted by molar-refractivity contribution is 7.21. The monoisotopic (exact) mass is 261 g/mol. The van der Waals surface area contributed by atoms with Crippen LogP contribution in [0.15, 0.2) is 18.5 Å². The van der Waals surface area contributed by atoms with Gasteiger partial charge in [-0.05, 0) is 32.3 Å². The first-order chi connectivity index (χ1) is 8.59. The molecule has 0 aliphatic heterocycles. The molecule has 5 heteroatoms. The summed E-state index contributed by atoms with van der Waals surface area (Å²) in [5, 5.41) is 4.00. The van der Waals surface area contributed by atoms with Crippen molar-refractivity contribution in [1.82, 2.24) is 10.3 Å². The number of hydrogen-bond acceptors (Lipinski definition) is 4. The molecule has 0 unspecified atom stereocenters. The number of pyridine rings is 1. The number of aromatic nitrogens is 1. The zero-order chi connectivity index (χ0) is 12.8. The number of nitrogens with zero attached hydrogens (tertiary/aromatic N) is 1. The average Bonchev–Trinajstić information content (AvgIpc) is 2.66. The number of hydrogen-bond donors (Lipinski definition) is 2. The molecule has 0 spiro atoms. The lowest BCUT2D eigenvalue weighted by Crippen LogP contribution is -2.50. The summed E-state index contributed by atoms with van der Waals surface area (Å²) in [4.78, 5) is 16.9. The Hall–Kier alpha value is -1.62. The summed E-state index contributed by atoms with van der Waals surface area (Å²) in [7, 11) is 0. The van der Waals surface area contributed by atoms with E-state index in [9.17, 15) is 4.79 Å². The molecule has 94 valence electrons. The number of fused-ring (bicyclic) bond motifs is 1. The van der Waals surface area contributed by atoms with Crippen LogP contribution >= 0.6 is 11.3 Å². The summed E-state index contributed by atoms with van der Waals surface area (Å²) in [6, 6.07) is 1.85. The predicted octanol–water partition coefficient (Wildman–Crippen LogP) is 2.55. The number of carbonyl (C=O) groups excluding carboxylic acids is 1. The molecule has 0 saturated heterocycles. The van der Waals surface area contributed by atoms with Crippen LogP contribution in [0.25, 0.3) is 10.1 Å². The molecule has 1 saturated carbocycles. The third kappa shape index (κ3) is 1.75. The predicted molar refractivity (Wildman–Crippen MR) is 73.8 cm³/mol. The van der Waals surface area contributed by atoms with Crippen molar-refractivity contribution in [1.29, 1.82) is 0 Å². The third-order valence-electron chi connectivity index (χ3n) is 3.61. The van der Waals surface area contributed by atoms with Gasteiger partial charge in [-0.1, -0.05) is 0 Å². The third-order valence-corrected chi connectivity index (χ3v) is 4.76. The Kier molecular flexibility index (Phi) is 2.52. The molecule has 3 N–H and O–H groups in total. The molecule has 2 aromatic heterocycles. The van der Waals surface area contributed by atoms with Crippen molar-refractivity contribution in [3.63, 3.8) is 0 Å². The minimum Gasteiger partial charge on any atom is -0.397 e. The van der Waals surface area contributed by atoms with E-state index in [-0.39, 0.29) is 11.4 Å². The largest absolute Gasteiger partial charge is 0.397 e. The number of rotatable bonds is 2. The number of thiophene rings is 1. The van der Waals surface area contributed by atoms with Crippen LogP contribution in [0.5, 0.6) is 0 Å². The lowest BCUT2D eigenvalue weighted by Gasteiger charge is -2.39. The van der Waals surface area contributed by atoms with E-state index < -0.39 is 0 Å². The highest BCUT2D eigenvalue weighted by atomic mass is 32.1. The van der Waals surface area contributed by atoms with Crippen LogP contribution in [0.3, 0.4) is 0 Å². The molecule has 0 aromatic carbocycles. The number of nitrogens with one attached hydrogen (secondary N) is 1. The number of carbonyl (C=O) groups is 1. The maximum atomic E-state index is 12.2. The quantitative estimate of drug-likeness (QED) is 0.873. The number of amides is 1. The fourth-order valence-electron chi connectivity index (χ4n) is 2.30. The van der Waals surface area contributed by atoms with Gasteiger partial charge in [-0.15, -0.1) is 11.3 Å². The first-order valence-corrected chi connectivity index (χ1v) is 6.85. The number of nitrogens with two attached hydrogens (primary N) is 1. The molecule has 3 rings (SSSR count). The van der Waals surface area contributed by atoms with Gasteiger partial charge in [-0.3, -0.25) is 9.78 Å². The fraction of sp³-hybridized carbons (Fsp3) is 0.385. The Morgan fingerprint density at radius 1 is 1.56 bits per heavy atom. The van der Waals surface area contributed by atoms with Crippen LogP contribution in [-0.2, 0) is 0 Å². The lowest BCUT2D eigenvalue weighted by molar-refractivity contribution is 0.0855. The van der Waals surface area contributed by atoms with Gasteiger partial charge in [0.1, 0.15) is 4.88 Å². The minimum absolute atomic E-state index is 0.0437. The van der Waals surface area contributed by atoms with Gasteiger partial charge in [0.15, 0.2) is 0 Å². The standard InChI is InChI=1S/C13H15N3OS/c1-13(4-2-5-13)16-12(17)11-10(14)8-3-6-15-7-9(8)18-11/h3,6-7H,2,4-5,14H2,1H3,(H,16,17). The minimum atomic E-state index is -0.0594. The molecule has 1 aliphatic carbocycles. The molecule has 4 nitrogen and oxygen atoms in total. The Morgan fingerprint density at radius 2 is 2.33 bits per heavy atom. The van der Waals surface area contributed by atoms with E-state index >= 15 is 0 Å². The van der Waals surface area contributed by atoms with Crippen LogP contribution in [-0.4, -0.2) is 16.4 Å². The normalized spacial score (nSPS) is 17.4. The Bertz CT molecular complexity index is 616. The second-order valence-corrected chi connectivity index (χ2v) is 6.14. The van der Waals surface area contributed by atoms with Gasteiger partial charge >= 0.3 is 0 Å². The Morgan fingerprint density at radius 3 is 2.94 bits per heavy atom. The summed E-state index contributed by atoms with van der Waals surface area (Å²) in [6.07, 6.45) is 6.72. The van der Waals surface area contributed by atoms with Gasteiger partial charge in [-0.25, -0.2) is 0 Å². The molecule has 2 heterocycles. The van der Waals surface area contributed by atoms with E-state index in [0.717, 1.165) is 22.9 Å². The van der Waals surface area contributed by atoms with Crippen LogP contribution in [0.2, 0.25) is 0 Å². The maximum absolute atomic E-state index is 12.2. The number of nitrogen functional groups attached to an aromatic ring is 1. The maximum Gasteiger partial charge on any atom is 0.263 e. The van der Waals surface area contributed by atoms with E-state index in [1.807, 2.05) is 6.07 Å². The number of anilines is 1. The zero-order valence-corrected chi connectivity index (χ0v) is 11.0. The molecule has 1 aliphatic rings. The van der Waals surface area contributed by atoms with Gasteiger partial charge in [0.25, 0.3) is 5.91 Å². The van der Waals surface area contributed by atoms with Crippen molar-refractivity contribution in [2.24, 2.45) is 0 Å². The van der Waals surface area contributed by atoms with Crippen molar-refractivity contribution in [2.45, 2.75) is 31.7 Å². The van der Waals surface area contributed by atoms with Crippen LogP contribution in [0, 0.1) is 0 Å². The van der Waals surface area contributed by atoms with E-state index in [1.165, 1.54) is 17.8 Å². The Labute approximate surface area is 109 Å². The lowest BCUT2D eigenvalue weighted by atomic mass is 9.78. The van der Waals surface area contributed by atoms with Crippen LogP contribution in [0.4, 0.5) is 5.69 Å². The summed E-state index contributed by atoms with van der Waals surface area (Å²) in [5.41, 5.74) is 6.56. The first-order valence-electron chi connectivity index (χ1n) is 6.04. The molecule has 1 amide bonds. The summed E-state index contributed by atoms with van der Waals surface area (Å²) < 4.78 is 0.957. The molecule has 1 fully saturated rings. The van der Waals surface area contributed by atoms with Crippen LogP contribution < -0.4 is 11.1 Å². The van der Waals surface area contributed by atoms with E-state index in [1.54, 1.807) is 12.4 Å². The van der Waals surface area contributed by atoms with Crippen molar-refractivity contribution in [2.75, 3.05) is 5.73 Å². The zero-order valence-electron chi connectivity index (χ0n) is 10.2. The van der Waals surface area contributed by atoms with Crippen molar-refractivity contribution in [3.05, 3.63) is 23.3 Å². The second kappa shape index (κ2) is 3.95. The molecule has 0 atom stereocenters. The van der Waals surface area contributed by atoms with Gasteiger partial charge in [0.2, 0.25) is 0 Å². The molecular weight excluding hydrogens is 246 g/mol. The van der Waals surface area contributed by atoms with Gasteiger partial charge in [0, 0.05) is 23.3 Å². The second-order valence-electron chi connectivity index (χ2n) is 5.09. The summed E-state index contributed by atoms with van der Waals surface area (Å²) in [6.45, 7) is 2.08. The van der Waals surface area contributed by atoms with Crippen LogP contribution in [0.1, 0.15) is 35.9 Å². The highest BCUT2D eigenvalue weighted by Gasteiger charge is 2.34. The van der Waals surface area contributed by atoms with E-state index in [4.69, 9.17) is 5.73 Å². The SMILES string of the molecule is CC1(NC(=O)c2sc3cnccc3c2N)CCC1. The van der Waals surface area contributed by atoms with E-state index in [0.29, 0.717) is 10.6 Å². The highest BCUT2D eigenvalue weighted by Crippen LogP contribution is 2.35. The fourth-order valence-corrected chi connectivity index (χ4v) is 3.29. The average molecular weight is 261 g/mol. The molecular formula is C13H15N3OS. The summed E-state index contributed by atoms with van der Waals surface area (Å²) >= 11 is 1.41. The molecule has 2 aromatic rings. The van der Waals surface area contributed by atoms with Crippen molar-refractivity contribution < 1.29 is 4.79 Å². The molecule has 0 radical (unpaired) electrons. The molecule has 18 heavy (non-hydrogen) atoms. The van der Waals surface area contributed by atoms with Gasteiger partial charge in [-0.2, -0.15) is 0 Å². The van der Waals surface area contributed by atoms with Gasteiger partial charge < -0.3 is 11.1 Å². The van der Waals surface area contributed by atoms with E-state index in [2.05, 4.69) is 17.2 Å². The van der Waals surface area contributed by atoms with Crippen molar-refractivity contribution >= 4 is 33.0 Å². The first kappa shape index (κ1) is 11.5. The summed E-state index contributed by atoms with van der Waals surface area (Å²) in [5.74, 6) is -0.0594. The smallest absolute Gasteiger partial charge is 0.263 e. The van der Waals surface area contributed by atoms with Crippen molar-refractivity contribution in [3.8, 4) is 0 Å².